The first-order valence-electron chi connectivity index (χ1n) is 9.18. The Morgan fingerprint density at radius 2 is 1.75 bits per heavy atom. The zero-order chi connectivity index (χ0) is 20.3. The van der Waals surface area contributed by atoms with Crippen LogP contribution in [-0.4, -0.2) is 49.9 Å². The van der Waals surface area contributed by atoms with Gasteiger partial charge in [0.2, 0.25) is 0 Å². The van der Waals surface area contributed by atoms with Gasteiger partial charge in [0.25, 0.3) is 11.8 Å². The molecule has 1 saturated heterocycles. The molecule has 2 aromatic rings. The number of amides is 2. The molecule has 3 rings (SSSR count). The molecule has 28 heavy (non-hydrogen) atoms. The van der Waals surface area contributed by atoms with Crippen LogP contribution in [-0.2, 0) is 0 Å². The van der Waals surface area contributed by atoms with Gasteiger partial charge >= 0.3 is 0 Å². The molecule has 1 heterocycles. The van der Waals surface area contributed by atoms with E-state index in [1.807, 2.05) is 31.1 Å². The third kappa shape index (κ3) is 4.44. The van der Waals surface area contributed by atoms with Crippen LogP contribution >= 0.6 is 11.6 Å². The highest BCUT2D eigenvalue weighted by Crippen LogP contribution is 2.23. The molecule has 0 unspecified atom stereocenters. The number of nitrogens with one attached hydrogen (secondary N) is 1. The zero-order valence-electron chi connectivity index (χ0n) is 15.9. The van der Waals surface area contributed by atoms with Crippen molar-refractivity contribution in [1.82, 2.24) is 10.2 Å². The number of anilines is 1. The van der Waals surface area contributed by atoms with E-state index < -0.39 is 11.7 Å². The summed E-state index contributed by atoms with van der Waals surface area (Å²) in [4.78, 5) is 28.6. The molecular formula is C21H23ClFN3O2. The summed E-state index contributed by atoms with van der Waals surface area (Å²) >= 11 is 5.99. The Balaban J connectivity index is 1.56. The first-order valence-corrected chi connectivity index (χ1v) is 9.56. The van der Waals surface area contributed by atoms with Gasteiger partial charge in [-0.05, 0) is 49.2 Å². The van der Waals surface area contributed by atoms with E-state index in [4.69, 9.17) is 11.6 Å². The lowest BCUT2D eigenvalue weighted by Gasteiger charge is -2.32. The summed E-state index contributed by atoms with van der Waals surface area (Å²) in [5.41, 5.74) is 1.53. The van der Waals surface area contributed by atoms with Crippen LogP contribution in [0.1, 0.15) is 33.6 Å². The number of halogens is 2. The number of carbonyl (C=O) groups is 2. The fourth-order valence-corrected chi connectivity index (χ4v) is 3.51. The highest BCUT2D eigenvalue weighted by Gasteiger charge is 2.27. The highest BCUT2D eigenvalue weighted by molar-refractivity contribution is 6.33. The third-order valence-corrected chi connectivity index (χ3v) is 5.25. The molecule has 0 aromatic heterocycles. The van der Waals surface area contributed by atoms with Crippen molar-refractivity contribution in [3.8, 4) is 0 Å². The van der Waals surface area contributed by atoms with Crippen molar-refractivity contribution in [2.24, 2.45) is 0 Å². The summed E-state index contributed by atoms with van der Waals surface area (Å²) in [6.45, 7) is 0.877. The molecule has 0 saturated carbocycles. The van der Waals surface area contributed by atoms with Crippen molar-refractivity contribution >= 4 is 29.1 Å². The van der Waals surface area contributed by atoms with Crippen LogP contribution in [0.5, 0.6) is 0 Å². The Kier molecular flexibility index (Phi) is 6.19. The van der Waals surface area contributed by atoms with Crippen molar-refractivity contribution in [3.63, 3.8) is 0 Å². The molecule has 1 fully saturated rings. The molecular weight excluding hydrogens is 381 g/mol. The number of piperidine rings is 1. The van der Waals surface area contributed by atoms with Crippen LogP contribution in [0, 0.1) is 5.82 Å². The average Bonchev–Trinajstić information content (AvgIpc) is 2.68. The molecule has 0 spiro atoms. The van der Waals surface area contributed by atoms with Gasteiger partial charge in [-0.25, -0.2) is 4.39 Å². The number of hydrogen-bond acceptors (Lipinski definition) is 3. The molecule has 5 nitrogen and oxygen atoms in total. The first kappa shape index (κ1) is 20.1. The summed E-state index contributed by atoms with van der Waals surface area (Å²) in [6, 6.07) is 11.6. The minimum absolute atomic E-state index is 0.0267. The number of likely N-dealkylation sites (tertiary alicyclic amines) is 1. The first-order chi connectivity index (χ1) is 13.4. The van der Waals surface area contributed by atoms with Gasteiger partial charge in [0.15, 0.2) is 0 Å². The molecule has 2 amide bonds. The highest BCUT2D eigenvalue weighted by atomic mass is 35.5. The van der Waals surface area contributed by atoms with Gasteiger partial charge in [0.05, 0.1) is 10.6 Å². The van der Waals surface area contributed by atoms with Crippen molar-refractivity contribution < 1.29 is 14.0 Å². The topological polar surface area (TPSA) is 52.7 Å². The second kappa shape index (κ2) is 8.61. The molecule has 7 heteroatoms. The standard InChI is InChI=1S/C21H23ClFN3O2/c1-25(2)16-8-6-14(7-9-16)20(27)24-15-10-12-26(13-11-15)21(28)19-17(22)4-3-5-18(19)23/h3-9,15H,10-13H2,1-2H3,(H,24,27). The van der Waals surface area contributed by atoms with Gasteiger partial charge in [-0.1, -0.05) is 17.7 Å². The lowest BCUT2D eigenvalue weighted by atomic mass is 10.0. The average molecular weight is 404 g/mol. The number of benzene rings is 2. The SMILES string of the molecule is CN(C)c1ccc(C(=O)NC2CCN(C(=O)c3c(F)cccc3Cl)CC2)cc1. The summed E-state index contributed by atoms with van der Waals surface area (Å²) in [5, 5.41) is 3.13. The molecule has 0 radical (unpaired) electrons. The van der Waals surface area contributed by atoms with Crippen LogP contribution in [0.4, 0.5) is 10.1 Å². The minimum atomic E-state index is -0.617. The maximum atomic E-state index is 14.0. The molecule has 1 N–H and O–H groups in total. The molecule has 1 aliphatic rings. The van der Waals surface area contributed by atoms with Crippen LogP contribution in [0.3, 0.4) is 0 Å². The number of carbonyl (C=O) groups excluding carboxylic acids is 2. The molecule has 2 aromatic carbocycles. The lowest BCUT2D eigenvalue weighted by molar-refractivity contribution is 0.0694. The van der Waals surface area contributed by atoms with Crippen LogP contribution in [0.25, 0.3) is 0 Å². The second-order valence-corrected chi connectivity index (χ2v) is 7.49. The normalized spacial score (nSPS) is 14.6. The number of hydrogen-bond donors (Lipinski definition) is 1. The van der Waals surface area contributed by atoms with Crippen molar-refractivity contribution in [1.29, 1.82) is 0 Å². The lowest BCUT2D eigenvalue weighted by Crippen LogP contribution is -2.46. The van der Waals surface area contributed by atoms with Gasteiger partial charge in [-0.3, -0.25) is 9.59 Å². The fraction of sp³-hybridized carbons (Fsp3) is 0.333. The predicted molar refractivity (Wildman–Crippen MR) is 109 cm³/mol. The molecule has 0 aliphatic carbocycles. The largest absolute Gasteiger partial charge is 0.378 e. The van der Waals surface area contributed by atoms with Gasteiger partial charge in [0.1, 0.15) is 5.82 Å². The van der Waals surface area contributed by atoms with Crippen molar-refractivity contribution in [3.05, 3.63) is 64.4 Å². The monoisotopic (exact) mass is 403 g/mol. The summed E-state index contributed by atoms with van der Waals surface area (Å²) in [5.74, 6) is -1.16. The van der Waals surface area contributed by atoms with E-state index in [9.17, 15) is 14.0 Å². The van der Waals surface area contributed by atoms with Gasteiger partial charge < -0.3 is 15.1 Å². The minimum Gasteiger partial charge on any atom is -0.378 e. The summed E-state index contributed by atoms with van der Waals surface area (Å²) in [6.07, 6.45) is 1.22. The van der Waals surface area contributed by atoms with Gasteiger partial charge in [0, 0.05) is 44.5 Å². The van der Waals surface area contributed by atoms with E-state index in [2.05, 4.69) is 5.32 Å². The smallest absolute Gasteiger partial charge is 0.258 e. The Labute approximate surface area is 169 Å². The van der Waals surface area contributed by atoms with Crippen LogP contribution < -0.4 is 10.2 Å². The Morgan fingerprint density at radius 3 is 2.32 bits per heavy atom. The van der Waals surface area contributed by atoms with E-state index in [1.165, 1.54) is 18.2 Å². The summed E-state index contributed by atoms with van der Waals surface area (Å²) < 4.78 is 14.0. The number of nitrogens with zero attached hydrogens (tertiary/aromatic N) is 2. The Bertz CT molecular complexity index is 842. The molecule has 148 valence electrons. The molecule has 0 bridgehead atoms. The van der Waals surface area contributed by atoms with Crippen LogP contribution in [0.2, 0.25) is 5.02 Å². The molecule has 0 atom stereocenters. The van der Waals surface area contributed by atoms with E-state index in [0.29, 0.717) is 31.5 Å². The third-order valence-electron chi connectivity index (χ3n) is 4.94. The van der Waals surface area contributed by atoms with E-state index in [-0.39, 0.29) is 22.5 Å². The zero-order valence-corrected chi connectivity index (χ0v) is 16.7. The maximum absolute atomic E-state index is 14.0. The Morgan fingerprint density at radius 1 is 1.11 bits per heavy atom. The van der Waals surface area contributed by atoms with E-state index in [1.54, 1.807) is 17.0 Å². The van der Waals surface area contributed by atoms with Crippen LogP contribution in [0.15, 0.2) is 42.5 Å². The van der Waals surface area contributed by atoms with E-state index >= 15 is 0 Å². The van der Waals surface area contributed by atoms with E-state index in [0.717, 1.165) is 5.69 Å². The number of rotatable bonds is 4. The predicted octanol–water partition coefficient (Wildman–Crippen LogP) is 3.58. The van der Waals surface area contributed by atoms with Gasteiger partial charge in [-0.15, -0.1) is 0 Å². The second-order valence-electron chi connectivity index (χ2n) is 7.08. The van der Waals surface area contributed by atoms with Crippen molar-refractivity contribution in [2.45, 2.75) is 18.9 Å². The quantitative estimate of drug-likeness (QED) is 0.848. The maximum Gasteiger partial charge on any atom is 0.258 e. The van der Waals surface area contributed by atoms with Crippen molar-refractivity contribution in [2.75, 3.05) is 32.1 Å². The Hall–Kier alpha value is -2.60. The van der Waals surface area contributed by atoms with Gasteiger partial charge in [-0.2, -0.15) is 0 Å². The fourth-order valence-electron chi connectivity index (χ4n) is 3.27. The summed E-state index contributed by atoms with van der Waals surface area (Å²) in [7, 11) is 3.89. The molecule has 1 aliphatic heterocycles.